The van der Waals surface area contributed by atoms with Crippen LogP contribution in [0.3, 0.4) is 0 Å². The fraction of sp³-hybridized carbons (Fsp3) is 0.500. The predicted octanol–water partition coefficient (Wildman–Crippen LogP) is 4.03. The van der Waals surface area contributed by atoms with Crippen molar-refractivity contribution in [3.05, 3.63) is 80.6 Å². The Hall–Kier alpha value is -2.92. The van der Waals surface area contributed by atoms with E-state index in [1.165, 1.54) is 12.0 Å². The van der Waals surface area contributed by atoms with Crippen LogP contribution in [-0.4, -0.2) is 35.1 Å². The van der Waals surface area contributed by atoms with Gasteiger partial charge in [0.15, 0.2) is 0 Å². The third kappa shape index (κ3) is 5.98. The number of hydrogen-bond acceptors (Lipinski definition) is 3. The first kappa shape index (κ1) is 25.7. The molecule has 0 spiro atoms. The lowest BCUT2D eigenvalue weighted by atomic mass is 9.80. The molecular formula is C32H40N2O3. The number of pyridine rings is 1. The summed E-state index contributed by atoms with van der Waals surface area (Å²) in [6, 6.07) is 12.6. The van der Waals surface area contributed by atoms with Crippen LogP contribution in [0.4, 0.5) is 0 Å². The van der Waals surface area contributed by atoms with Crippen LogP contribution in [0.2, 0.25) is 0 Å². The van der Waals surface area contributed by atoms with Crippen LogP contribution < -0.4 is 16.1 Å². The van der Waals surface area contributed by atoms with E-state index in [1.807, 2.05) is 18.0 Å². The van der Waals surface area contributed by atoms with Crippen LogP contribution >= 0.6 is 0 Å². The third-order valence-corrected chi connectivity index (χ3v) is 8.53. The SMILES string of the molecule is Cn1c(=O)c(CN(CC(c2ccccc2)C2CCOCC2)C(=O)C2CCCCC2)cc2c1=CCC=CC=2. The molecule has 1 aromatic heterocycles. The summed E-state index contributed by atoms with van der Waals surface area (Å²) in [5.74, 6) is 0.971. The minimum absolute atomic E-state index is 0.00549. The Labute approximate surface area is 220 Å². The van der Waals surface area contributed by atoms with E-state index in [2.05, 4.69) is 54.6 Å². The van der Waals surface area contributed by atoms with Gasteiger partial charge in [0.25, 0.3) is 5.56 Å². The Morgan fingerprint density at radius 3 is 2.59 bits per heavy atom. The topological polar surface area (TPSA) is 51.5 Å². The van der Waals surface area contributed by atoms with Gasteiger partial charge in [-0.3, -0.25) is 9.59 Å². The van der Waals surface area contributed by atoms with Crippen molar-refractivity contribution in [2.24, 2.45) is 18.9 Å². The van der Waals surface area contributed by atoms with Crippen molar-refractivity contribution >= 4 is 18.1 Å². The number of allylic oxidation sites excluding steroid dienone is 2. The zero-order valence-corrected chi connectivity index (χ0v) is 22.1. The van der Waals surface area contributed by atoms with Gasteiger partial charge in [-0.15, -0.1) is 0 Å². The van der Waals surface area contributed by atoms with E-state index in [9.17, 15) is 9.59 Å². The fourth-order valence-corrected chi connectivity index (χ4v) is 6.40. The normalized spacial score (nSPS) is 19.3. The molecule has 2 aromatic rings. The number of benzene rings is 1. The molecule has 1 unspecified atom stereocenters. The van der Waals surface area contributed by atoms with Crippen molar-refractivity contribution in [1.82, 2.24) is 9.47 Å². The molecule has 2 aliphatic carbocycles. The van der Waals surface area contributed by atoms with E-state index >= 15 is 0 Å². The Kier molecular flexibility index (Phi) is 8.40. The van der Waals surface area contributed by atoms with Gasteiger partial charge in [-0.25, -0.2) is 0 Å². The summed E-state index contributed by atoms with van der Waals surface area (Å²) in [7, 11) is 1.85. The van der Waals surface area contributed by atoms with Crippen LogP contribution in [0.25, 0.3) is 12.2 Å². The molecule has 1 amide bonds. The second-order valence-electron chi connectivity index (χ2n) is 10.9. The van der Waals surface area contributed by atoms with Crippen LogP contribution in [0.1, 0.15) is 68.4 Å². The van der Waals surface area contributed by atoms with E-state index in [1.54, 1.807) is 4.57 Å². The van der Waals surface area contributed by atoms with E-state index in [0.29, 0.717) is 24.6 Å². The molecule has 5 heteroatoms. The van der Waals surface area contributed by atoms with Gasteiger partial charge in [-0.2, -0.15) is 0 Å². The van der Waals surface area contributed by atoms with Gasteiger partial charge < -0.3 is 14.2 Å². The molecule has 196 valence electrons. The van der Waals surface area contributed by atoms with E-state index < -0.39 is 0 Å². The Morgan fingerprint density at radius 1 is 1.08 bits per heavy atom. The molecule has 0 N–H and O–H groups in total. The van der Waals surface area contributed by atoms with Gasteiger partial charge >= 0.3 is 0 Å². The summed E-state index contributed by atoms with van der Waals surface area (Å²) in [6.45, 7) is 2.55. The van der Waals surface area contributed by atoms with Gasteiger partial charge in [0.1, 0.15) is 0 Å². The molecular weight excluding hydrogens is 460 g/mol. The molecule has 5 nitrogen and oxygen atoms in total. The lowest BCUT2D eigenvalue weighted by Crippen LogP contribution is -2.46. The van der Waals surface area contributed by atoms with E-state index in [0.717, 1.165) is 68.7 Å². The van der Waals surface area contributed by atoms with E-state index in [-0.39, 0.29) is 23.3 Å². The Morgan fingerprint density at radius 2 is 1.84 bits per heavy atom. The average Bonchev–Trinajstić information content (AvgIpc) is 3.20. The number of aromatic nitrogens is 1. The molecule has 3 aliphatic rings. The van der Waals surface area contributed by atoms with Gasteiger partial charge in [-0.1, -0.05) is 73.9 Å². The molecule has 1 aromatic carbocycles. The smallest absolute Gasteiger partial charge is 0.255 e. The summed E-state index contributed by atoms with van der Waals surface area (Å²) in [6.07, 6.45) is 16.5. The highest BCUT2D eigenvalue weighted by Gasteiger charge is 2.32. The summed E-state index contributed by atoms with van der Waals surface area (Å²) >= 11 is 0. The van der Waals surface area contributed by atoms with Crippen LogP contribution in [0.15, 0.2) is 53.3 Å². The van der Waals surface area contributed by atoms with E-state index in [4.69, 9.17) is 4.74 Å². The highest BCUT2D eigenvalue weighted by molar-refractivity contribution is 5.79. The molecule has 5 rings (SSSR count). The number of ether oxygens (including phenoxy) is 1. The Balaban J connectivity index is 1.52. The maximum Gasteiger partial charge on any atom is 0.255 e. The highest BCUT2D eigenvalue weighted by Crippen LogP contribution is 2.34. The molecule has 2 heterocycles. The van der Waals surface area contributed by atoms with Crippen LogP contribution in [0.5, 0.6) is 0 Å². The third-order valence-electron chi connectivity index (χ3n) is 8.53. The molecule has 1 aliphatic heterocycles. The first-order chi connectivity index (χ1) is 18.1. The standard InChI is InChI=1S/C32H40N2O3/c1-33-30-16-10-4-9-15-27(30)21-28(31(33)35)22-34(32(36)26-13-7-3-8-14-26)23-29(24-11-5-2-6-12-24)25-17-19-37-20-18-25/h2,4-6,9,11-12,15-16,21,25-26,29H,3,7-8,10,13-14,17-20,22-23H2,1H3. The maximum atomic E-state index is 14.1. The molecule has 1 atom stereocenters. The summed E-state index contributed by atoms with van der Waals surface area (Å²) in [5.41, 5.74) is 1.97. The molecule has 1 saturated heterocycles. The number of hydrogen-bond donors (Lipinski definition) is 0. The van der Waals surface area contributed by atoms with Crippen LogP contribution in [-0.2, 0) is 23.1 Å². The van der Waals surface area contributed by atoms with Crippen molar-refractivity contribution in [2.75, 3.05) is 19.8 Å². The number of rotatable bonds is 7. The van der Waals surface area contributed by atoms with Gasteiger partial charge in [0.05, 0.1) is 6.54 Å². The van der Waals surface area contributed by atoms with Crippen molar-refractivity contribution in [1.29, 1.82) is 0 Å². The Bertz CT molecular complexity index is 1280. The highest BCUT2D eigenvalue weighted by atomic mass is 16.5. The number of amides is 1. The molecule has 1 saturated carbocycles. The summed E-state index contributed by atoms with van der Waals surface area (Å²) < 4.78 is 7.44. The zero-order chi connectivity index (χ0) is 25.6. The fourth-order valence-electron chi connectivity index (χ4n) is 6.40. The van der Waals surface area contributed by atoms with Crippen molar-refractivity contribution in [3.8, 4) is 0 Å². The van der Waals surface area contributed by atoms with Crippen molar-refractivity contribution < 1.29 is 9.53 Å². The number of fused-ring (bicyclic) bond motifs is 1. The summed E-state index contributed by atoms with van der Waals surface area (Å²) in [4.78, 5) is 29.6. The van der Waals surface area contributed by atoms with Crippen LogP contribution in [0, 0.1) is 11.8 Å². The van der Waals surface area contributed by atoms with Gasteiger partial charge in [-0.05, 0) is 54.9 Å². The molecule has 2 fully saturated rings. The summed E-state index contributed by atoms with van der Waals surface area (Å²) in [5, 5.41) is 1.99. The number of carbonyl (C=O) groups is 1. The lowest BCUT2D eigenvalue weighted by molar-refractivity contribution is -0.137. The monoisotopic (exact) mass is 500 g/mol. The first-order valence-corrected chi connectivity index (χ1v) is 14.1. The maximum absolute atomic E-state index is 14.1. The molecule has 37 heavy (non-hydrogen) atoms. The largest absolute Gasteiger partial charge is 0.381 e. The second kappa shape index (κ2) is 12.1. The quantitative estimate of drug-likeness (QED) is 0.577. The first-order valence-electron chi connectivity index (χ1n) is 14.1. The molecule has 0 radical (unpaired) electrons. The minimum atomic E-state index is -0.00549. The average molecular weight is 501 g/mol. The molecule has 0 bridgehead atoms. The minimum Gasteiger partial charge on any atom is -0.381 e. The zero-order valence-electron chi connectivity index (χ0n) is 22.1. The number of carbonyl (C=O) groups excluding carboxylic acids is 1. The van der Waals surface area contributed by atoms with Crippen molar-refractivity contribution in [2.45, 2.75) is 63.8 Å². The predicted molar refractivity (Wildman–Crippen MR) is 148 cm³/mol. The lowest BCUT2D eigenvalue weighted by Gasteiger charge is -2.37. The van der Waals surface area contributed by atoms with Gasteiger partial charge in [0.2, 0.25) is 5.91 Å². The second-order valence-corrected chi connectivity index (χ2v) is 10.9. The van der Waals surface area contributed by atoms with Crippen molar-refractivity contribution in [3.63, 3.8) is 0 Å². The number of nitrogens with zero attached hydrogens (tertiary/aromatic N) is 2. The van der Waals surface area contributed by atoms with Gasteiger partial charge in [0, 0.05) is 49.6 Å².